The molecule has 0 spiro atoms. The second kappa shape index (κ2) is 6.14. The van der Waals surface area contributed by atoms with Crippen LogP contribution in [0.25, 0.3) is 0 Å². The van der Waals surface area contributed by atoms with Crippen LogP contribution < -0.4 is 0 Å². The normalized spacial score (nSPS) is 22.8. The summed E-state index contributed by atoms with van der Waals surface area (Å²) < 4.78 is 7.34. The number of carbonyl (C=O) groups excluding carboxylic acids is 1. The Kier molecular flexibility index (Phi) is 4.53. The summed E-state index contributed by atoms with van der Waals surface area (Å²) in [4.78, 5) is 11.8. The number of aryl methyl sites for hydroxylation is 2. The topological polar surface area (TPSA) is 44.1 Å². The molecule has 1 fully saturated rings. The fraction of sp³-hybridized carbons (Fsp3) is 0.714. The van der Waals surface area contributed by atoms with Crippen LogP contribution in [0.2, 0.25) is 0 Å². The van der Waals surface area contributed by atoms with Gasteiger partial charge in [-0.2, -0.15) is 5.10 Å². The molecule has 2 rings (SSSR count). The lowest BCUT2D eigenvalue weighted by Crippen LogP contribution is -2.32. The van der Waals surface area contributed by atoms with E-state index in [0.717, 1.165) is 38.0 Å². The first kappa shape index (κ1) is 13.3. The van der Waals surface area contributed by atoms with Crippen molar-refractivity contribution in [3.05, 3.63) is 18.0 Å². The summed E-state index contributed by atoms with van der Waals surface area (Å²) in [5.74, 6) is 0.928. The first-order valence-corrected chi connectivity index (χ1v) is 6.79. The molecule has 0 radical (unpaired) electrons. The zero-order chi connectivity index (χ0) is 13.0. The fourth-order valence-corrected chi connectivity index (χ4v) is 2.55. The number of hydrogen-bond donors (Lipinski definition) is 0. The zero-order valence-electron chi connectivity index (χ0n) is 11.3. The second-order valence-electron chi connectivity index (χ2n) is 5.10. The summed E-state index contributed by atoms with van der Waals surface area (Å²) in [6.45, 7) is 2.80. The molecule has 0 unspecified atom stereocenters. The van der Waals surface area contributed by atoms with E-state index >= 15 is 0 Å². The number of aromatic nitrogens is 2. The number of hydrogen-bond acceptors (Lipinski definition) is 3. The van der Waals surface area contributed by atoms with Crippen LogP contribution in [0.4, 0.5) is 0 Å². The highest BCUT2D eigenvalue weighted by molar-refractivity contribution is 5.78. The standard InChI is InChI=1S/C14H22N2O2/c1-3-18-14-9-11(10-14)8-13(17)5-4-12-6-7-15-16(12)2/h6-7,11,14H,3-5,8-10H2,1-2H3. The smallest absolute Gasteiger partial charge is 0.133 e. The molecule has 1 saturated carbocycles. The Balaban J connectivity index is 1.63. The molecular formula is C14H22N2O2. The van der Waals surface area contributed by atoms with Gasteiger partial charge < -0.3 is 4.74 Å². The first-order valence-electron chi connectivity index (χ1n) is 6.79. The SMILES string of the molecule is CCOC1CC(CC(=O)CCc2ccnn2C)C1. The molecule has 1 heterocycles. The maximum absolute atomic E-state index is 11.8. The van der Waals surface area contributed by atoms with Crippen molar-refractivity contribution < 1.29 is 9.53 Å². The molecule has 0 bridgehead atoms. The number of Topliss-reactive ketones (excluding diaryl/α,β-unsaturated/α-hetero) is 1. The van der Waals surface area contributed by atoms with Gasteiger partial charge in [-0.15, -0.1) is 0 Å². The molecule has 0 aliphatic heterocycles. The van der Waals surface area contributed by atoms with E-state index in [0.29, 0.717) is 24.2 Å². The summed E-state index contributed by atoms with van der Waals surface area (Å²) in [5.41, 5.74) is 1.13. The summed E-state index contributed by atoms with van der Waals surface area (Å²) in [7, 11) is 1.92. The van der Waals surface area contributed by atoms with Crippen LogP contribution in [0, 0.1) is 5.92 Å². The van der Waals surface area contributed by atoms with Crippen LogP contribution in [0.3, 0.4) is 0 Å². The van der Waals surface area contributed by atoms with Gasteiger partial charge in [-0.1, -0.05) is 0 Å². The Morgan fingerprint density at radius 2 is 2.33 bits per heavy atom. The zero-order valence-corrected chi connectivity index (χ0v) is 11.3. The molecule has 0 atom stereocenters. The molecule has 100 valence electrons. The molecular weight excluding hydrogens is 228 g/mol. The Labute approximate surface area is 108 Å². The number of nitrogens with zero attached hydrogens (tertiary/aromatic N) is 2. The van der Waals surface area contributed by atoms with E-state index in [1.165, 1.54) is 0 Å². The molecule has 1 aromatic heterocycles. The molecule has 1 aliphatic rings. The monoisotopic (exact) mass is 250 g/mol. The lowest BCUT2D eigenvalue weighted by molar-refractivity contribution is -0.122. The largest absolute Gasteiger partial charge is 0.378 e. The van der Waals surface area contributed by atoms with Crippen LogP contribution in [0.5, 0.6) is 0 Å². The highest BCUT2D eigenvalue weighted by atomic mass is 16.5. The third-order valence-corrected chi connectivity index (χ3v) is 3.69. The van der Waals surface area contributed by atoms with E-state index in [9.17, 15) is 4.79 Å². The van der Waals surface area contributed by atoms with Crippen LogP contribution >= 0.6 is 0 Å². The van der Waals surface area contributed by atoms with Crippen molar-refractivity contribution in [3.63, 3.8) is 0 Å². The fourth-order valence-electron chi connectivity index (χ4n) is 2.55. The van der Waals surface area contributed by atoms with Crippen molar-refractivity contribution in [1.29, 1.82) is 0 Å². The Bertz CT molecular complexity index is 394. The maximum Gasteiger partial charge on any atom is 0.133 e. The van der Waals surface area contributed by atoms with Crippen molar-refractivity contribution in [2.45, 2.75) is 45.1 Å². The highest BCUT2D eigenvalue weighted by Crippen LogP contribution is 2.33. The predicted molar refractivity (Wildman–Crippen MR) is 69.3 cm³/mol. The van der Waals surface area contributed by atoms with Gasteiger partial charge in [-0.3, -0.25) is 9.48 Å². The van der Waals surface area contributed by atoms with E-state index in [1.54, 1.807) is 6.20 Å². The lowest BCUT2D eigenvalue weighted by Gasteiger charge is -2.34. The Morgan fingerprint density at radius 3 is 2.94 bits per heavy atom. The minimum Gasteiger partial charge on any atom is -0.378 e. The third-order valence-electron chi connectivity index (χ3n) is 3.69. The molecule has 1 aromatic rings. The van der Waals surface area contributed by atoms with Gasteiger partial charge in [-0.25, -0.2) is 0 Å². The second-order valence-corrected chi connectivity index (χ2v) is 5.10. The lowest BCUT2D eigenvalue weighted by atomic mass is 9.78. The first-order chi connectivity index (χ1) is 8.69. The number of rotatable bonds is 7. The quantitative estimate of drug-likeness (QED) is 0.744. The summed E-state index contributed by atoms with van der Waals surface area (Å²) >= 11 is 0. The summed E-state index contributed by atoms with van der Waals surface area (Å²) in [6, 6.07) is 1.97. The Morgan fingerprint density at radius 1 is 1.56 bits per heavy atom. The van der Waals surface area contributed by atoms with Crippen molar-refractivity contribution >= 4 is 5.78 Å². The van der Waals surface area contributed by atoms with Crippen LogP contribution in [-0.2, 0) is 23.0 Å². The minimum absolute atomic E-state index is 0.371. The number of carbonyl (C=O) groups is 1. The van der Waals surface area contributed by atoms with Gasteiger partial charge in [0.05, 0.1) is 6.10 Å². The van der Waals surface area contributed by atoms with E-state index in [4.69, 9.17) is 4.74 Å². The van der Waals surface area contributed by atoms with Gasteiger partial charge in [0.1, 0.15) is 5.78 Å². The molecule has 4 heteroatoms. The van der Waals surface area contributed by atoms with Crippen molar-refractivity contribution in [3.8, 4) is 0 Å². The van der Waals surface area contributed by atoms with Crippen molar-refractivity contribution in [2.75, 3.05) is 6.61 Å². The van der Waals surface area contributed by atoms with Gasteiger partial charge in [0, 0.05) is 38.4 Å². The molecule has 0 saturated heterocycles. The van der Waals surface area contributed by atoms with Gasteiger partial charge in [0.2, 0.25) is 0 Å². The molecule has 1 aliphatic carbocycles. The van der Waals surface area contributed by atoms with Gasteiger partial charge in [-0.05, 0) is 38.2 Å². The van der Waals surface area contributed by atoms with E-state index in [1.807, 2.05) is 24.7 Å². The van der Waals surface area contributed by atoms with Crippen LogP contribution in [0.15, 0.2) is 12.3 Å². The van der Waals surface area contributed by atoms with E-state index in [-0.39, 0.29) is 0 Å². The van der Waals surface area contributed by atoms with E-state index < -0.39 is 0 Å². The van der Waals surface area contributed by atoms with E-state index in [2.05, 4.69) is 5.10 Å². The average Bonchev–Trinajstić information content (AvgIpc) is 2.69. The van der Waals surface area contributed by atoms with Crippen LogP contribution in [-0.4, -0.2) is 28.3 Å². The summed E-state index contributed by atoms with van der Waals surface area (Å²) in [5, 5.41) is 4.10. The molecule has 0 aromatic carbocycles. The third kappa shape index (κ3) is 3.42. The highest BCUT2D eigenvalue weighted by Gasteiger charge is 2.30. The van der Waals surface area contributed by atoms with Crippen molar-refractivity contribution in [2.24, 2.45) is 13.0 Å². The molecule has 4 nitrogen and oxygen atoms in total. The number of ether oxygens (including phenoxy) is 1. The summed E-state index contributed by atoms with van der Waals surface area (Å²) in [6.07, 6.45) is 6.47. The molecule has 18 heavy (non-hydrogen) atoms. The van der Waals surface area contributed by atoms with Gasteiger partial charge in [0.15, 0.2) is 0 Å². The molecule has 0 amide bonds. The Hall–Kier alpha value is -1.16. The predicted octanol–water partition coefficient (Wildman–Crippen LogP) is 2.13. The van der Waals surface area contributed by atoms with Gasteiger partial charge in [0.25, 0.3) is 0 Å². The number of ketones is 1. The average molecular weight is 250 g/mol. The van der Waals surface area contributed by atoms with Crippen LogP contribution in [0.1, 0.15) is 38.3 Å². The molecule has 0 N–H and O–H groups in total. The maximum atomic E-state index is 11.8. The van der Waals surface area contributed by atoms with Gasteiger partial charge >= 0.3 is 0 Å². The minimum atomic E-state index is 0.371. The van der Waals surface area contributed by atoms with Crippen molar-refractivity contribution in [1.82, 2.24) is 9.78 Å².